The van der Waals surface area contributed by atoms with Crippen LogP contribution in [0.3, 0.4) is 0 Å². The molecule has 0 radical (unpaired) electrons. The van der Waals surface area contributed by atoms with Crippen molar-refractivity contribution in [2.24, 2.45) is 0 Å². The molecular weight excluding hydrogens is 283 g/mol. The number of thiazole rings is 1. The number of aromatic nitrogens is 1. The third kappa shape index (κ3) is 3.21. The van der Waals surface area contributed by atoms with Gasteiger partial charge in [0.1, 0.15) is 0 Å². The summed E-state index contributed by atoms with van der Waals surface area (Å²) in [6, 6.07) is 3.53. The monoisotopic (exact) mass is 296 g/mol. The molecule has 0 bridgehead atoms. The highest BCUT2D eigenvalue weighted by molar-refractivity contribution is 7.15. The zero-order valence-electron chi connectivity index (χ0n) is 10.7. The first kappa shape index (κ1) is 14.2. The second kappa shape index (κ2) is 5.83. The van der Waals surface area contributed by atoms with Gasteiger partial charge < -0.3 is 11.1 Å². The van der Waals surface area contributed by atoms with Gasteiger partial charge >= 0.3 is 0 Å². The second-order valence-electron chi connectivity index (χ2n) is 4.16. The zero-order valence-corrected chi connectivity index (χ0v) is 11.5. The Bertz CT molecular complexity index is 644. The molecule has 20 heavy (non-hydrogen) atoms. The van der Waals surface area contributed by atoms with Crippen LogP contribution in [0, 0.1) is 22.9 Å². The number of hydrogen-bond donors (Lipinski definition) is 2. The Kier molecular flexibility index (Phi) is 4.14. The lowest BCUT2D eigenvalue weighted by atomic mass is 10.2. The molecule has 1 aromatic carbocycles. The average molecular weight is 296 g/mol. The van der Waals surface area contributed by atoms with E-state index in [0.717, 1.165) is 16.6 Å². The molecule has 0 unspecified atom stereocenters. The van der Waals surface area contributed by atoms with Crippen molar-refractivity contribution in [2.45, 2.75) is 13.3 Å². The minimum atomic E-state index is -0.639. The predicted octanol–water partition coefficient (Wildman–Crippen LogP) is 2.74. The van der Waals surface area contributed by atoms with Crippen LogP contribution in [0.25, 0.3) is 0 Å². The predicted molar refractivity (Wildman–Crippen MR) is 76.5 cm³/mol. The second-order valence-corrected chi connectivity index (χ2v) is 5.27. The number of anilines is 2. The molecule has 106 valence electrons. The summed E-state index contributed by atoms with van der Waals surface area (Å²) >= 11 is 1.40. The summed E-state index contributed by atoms with van der Waals surface area (Å²) in [5, 5.41) is 13.9. The summed E-state index contributed by atoms with van der Waals surface area (Å²) < 4.78 is 13.6. The van der Waals surface area contributed by atoms with Crippen LogP contribution in [0.4, 0.5) is 20.9 Å². The summed E-state index contributed by atoms with van der Waals surface area (Å²) in [7, 11) is 0. The minimum Gasteiger partial charge on any atom is -0.382 e. The minimum absolute atomic E-state index is 0.241. The third-order valence-corrected chi connectivity index (χ3v) is 3.79. The van der Waals surface area contributed by atoms with E-state index >= 15 is 0 Å². The van der Waals surface area contributed by atoms with E-state index in [1.165, 1.54) is 23.5 Å². The summed E-state index contributed by atoms with van der Waals surface area (Å²) in [5.41, 5.74) is 6.44. The van der Waals surface area contributed by atoms with Gasteiger partial charge in [-0.15, -0.1) is 11.3 Å². The fourth-order valence-electron chi connectivity index (χ4n) is 1.75. The maximum absolute atomic E-state index is 13.6. The van der Waals surface area contributed by atoms with Gasteiger partial charge in [-0.25, -0.2) is 9.37 Å². The molecule has 0 saturated heterocycles. The first-order valence-corrected chi connectivity index (χ1v) is 6.68. The molecule has 0 aliphatic carbocycles. The first-order valence-electron chi connectivity index (χ1n) is 5.87. The Morgan fingerprint density at radius 3 is 2.85 bits per heavy atom. The highest BCUT2D eigenvalue weighted by atomic mass is 32.1. The number of nitro groups is 1. The Balaban J connectivity index is 1.97. The SMILES string of the molecule is Cc1nc(N)sc1CCNc1ccc([N+](=O)[O-])cc1F. The van der Waals surface area contributed by atoms with Crippen molar-refractivity contribution < 1.29 is 9.31 Å². The van der Waals surface area contributed by atoms with E-state index in [2.05, 4.69) is 10.3 Å². The molecule has 0 aliphatic heterocycles. The number of rotatable bonds is 5. The van der Waals surface area contributed by atoms with E-state index in [1.54, 1.807) is 0 Å². The molecular formula is C12H13FN4O2S. The van der Waals surface area contributed by atoms with Crippen LogP contribution in [-0.4, -0.2) is 16.5 Å². The van der Waals surface area contributed by atoms with E-state index in [4.69, 9.17) is 5.73 Å². The van der Waals surface area contributed by atoms with Gasteiger partial charge in [0.25, 0.3) is 5.69 Å². The number of halogens is 1. The highest BCUT2D eigenvalue weighted by Gasteiger charge is 2.11. The normalized spacial score (nSPS) is 10.5. The zero-order chi connectivity index (χ0) is 14.7. The number of nitrogens with one attached hydrogen (secondary N) is 1. The van der Waals surface area contributed by atoms with Crippen LogP contribution >= 0.6 is 11.3 Å². The van der Waals surface area contributed by atoms with Gasteiger partial charge in [-0.3, -0.25) is 10.1 Å². The molecule has 6 nitrogen and oxygen atoms in total. The third-order valence-electron chi connectivity index (χ3n) is 2.74. The standard InChI is InChI=1S/C12H13FN4O2S/c1-7-11(20-12(14)16-7)4-5-15-10-3-2-8(17(18)19)6-9(10)13/h2-3,6,15H,4-5H2,1H3,(H2,14,16). The Morgan fingerprint density at radius 1 is 1.55 bits per heavy atom. The average Bonchev–Trinajstić information content (AvgIpc) is 2.69. The number of hydrogen-bond acceptors (Lipinski definition) is 6. The van der Waals surface area contributed by atoms with Crippen molar-refractivity contribution in [3.8, 4) is 0 Å². The van der Waals surface area contributed by atoms with Gasteiger partial charge in [0.15, 0.2) is 10.9 Å². The fourth-order valence-corrected chi connectivity index (χ4v) is 2.59. The van der Waals surface area contributed by atoms with Crippen LogP contribution in [0.2, 0.25) is 0 Å². The molecule has 3 N–H and O–H groups in total. The Labute approximate surface area is 118 Å². The van der Waals surface area contributed by atoms with Crippen molar-refractivity contribution in [1.82, 2.24) is 4.98 Å². The number of benzene rings is 1. The van der Waals surface area contributed by atoms with Crippen LogP contribution in [0.15, 0.2) is 18.2 Å². The molecule has 2 rings (SSSR count). The topological polar surface area (TPSA) is 94.1 Å². The van der Waals surface area contributed by atoms with Crippen LogP contribution < -0.4 is 11.1 Å². The molecule has 2 aromatic rings. The van der Waals surface area contributed by atoms with Crippen molar-refractivity contribution in [3.63, 3.8) is 0 Å². The van der Waals surface area contributed by atoms with Gasteiger partial charge in [-0.05, 0) is 13.0 Å². The molecule has 1 aromatic heterocycles. The van der Waals surface area contributed by atoms with Gasteiger partial charge in [-0.2, -0.15) is 0 Å². The molecule has 0 spiro atoms. The van der Waals surface area contributed by atoms with Gasteiger partial charge in [0, 0.05) is 23.9 Å². The van der Waals surface area contributed by atoms with E-state index in [0.29, 0.717) is 18.1 Å². The van der Waals surface area contributed by atoms with Crippen molar-refractivity contribution in [2.75, 3.05) is 17.6 Å². The quantitative estimate of drug-likeness (QED) is 0.653. The van der Waals surface area contributed by atoms with Crippen molar-refractivity contribution in [1.29, 1.82) is 0 Å². The summed E-state index contributed by atoms with van der Waals surface area (Å²) in [5.74, 6) is -0.639. The number of nitro benzene ring substituents is 1. The number of nitrogens with zero attached hydrogens (tertiary/aromatic N) is 2. The highest BCUT2D eigenvalue weighted by Crippen LogP contribution is 2.22. The molecule has 1 heterocycles. The molecule has 0 fully saturated rings. The lowest BCUT2D eigenvalue weighted by molar-refractivity contribution is -0.385. The van der Waals surface area contributed by atoms with E-state index in [-0.39, 0.29) is 11.4 Å². The lowest BCUT2D eigenvalue weighted by Crippen LogP contribution is -2.06. The number of nitrogen functional groups attached to an aromatic ring is 1. The van der Waals surface area contributed by atoms with Crippen LogP contribution in [0.1, 0.15) is 10.6 Å². The van der Waals surface area contributed by atoms with Gasteiger partial charge in [0.2, 0.25) is 0 Å². The van der Waals surface area contributed by atoms with Crippen molar-refractivity contribution >= 4 is 27.8 Å². The molecule has 0 amide bonds. The first-order chi connectivity index (χ1) is 9.47. The van der Waals surface area contributed by atoms with Crippen LogP contribution in [-0.2, 0) is 6.42 Å². The van der Waals surface area contributed by atoms with Gasteiger partial charge in [0.05, 0.1) is 22.4 Å². The lowest BCUT2D eigenvalue weighted by Gasteiger charge is -2.06. The maximum atomic E-state index is 13.6. The number of aryl methyl sites for hydroxylation is 1. The molecule has 0 atom stereocenters. The maximum Gasteiger partial charge on any atom is 0.272 e. The summed E-state index contributed by atoms with van der Waals surface area (Å²) in [6.45, 7) is 2.37. The van der Waals surface area contributed by atoms with Crippen molar-refractivity contribution in [3.05, 3.63) is 44.7 Å². The molecule has 0 aliphatic rings. The van der Waals surface area contributed by atoms with E-state index in [9.17, 15) is 14.5 Å². The Morgan fingerprint density at radius 2 is 2.30 bits per heavy atom. The smallest absolute Gasteiger partial charge is 0.272 e. The van der Waals surface area contributed by atoms with E-state index in [1.807, 2.05) is 6.92 Å². The molecule has 0 saturated carbocycles. The summed E-state index contributed by atoms with van der Waals surface area (Å²) in [4.78, 5) is 15.0. The summed E-state index contributed by atoms with van der Waals surface area (Å²) in [6.07, 6.45) is 0.664. The van der Waals surface area contributed by atoms with Gasteiger partial charge in [-0.1, -0.05) is 0 Å². The largest absolute Gasteiger partial charge is 0.382 e. The van der Waals surface area contributed by atoms with Crippen LogP contribution in [0.5, 0.6) is 0 Å². The molecule has 8 heteroatoms. The fraction of sp³-hybridized carbons (Fsp3) is 0.250. The van der Waals surface area contributed by atoms with E-state index < -0.39 is 10.7 Å². The number of nitrogens with two attached hydrogens (primary N) is 1. The Hall–Kier alpha value is -2.22. The number of non-ortho nitro benzene ring substituents is 1.